The predicted molar refractivity (Wildman–Crippen MR) is 78.2 cm³/mol. The molecule has 0 aliphatic carbocycles. The highest BCUT2D eigenvalue weighted by Crippen LogP contribution is 2.28. The number of hydrogen-bond donors (Lipinski definition) is 2. The molecule has 2 heterocycles. The Balaban J connectivity index is 1.75. The summed E-state index contributed by atoms with van der Waals surface area (Å²) in [7, 11) is 0. The van der Waals surface area contributed by atoms with E-state index >= 15 is 0 Å². The summed E-state index contributed by atoms with van der Waals surface area (Å²) in [5.41, 5.74) is 8.02. The number of ether oxygens (including phenoxy) is 1. The van der Waals surface area contributed by atoms with Crippen molar-refractivity contribution in [1.29, 1.82) is 0 Å². The first-order valence-corrected chi connectivity index (χ1v) is 6.78. The van der Waals surface area contributed by atoms with Gasteiger partial charge in [-0.05, 0) is 30.9 Å². The number of aromatic nitrogens is 1. The third-order valence-corrected chi connectivity index (χ3v) is 3.70. The molecule has 1 aliphatic rings. The minimum absolute atomic E-state index is 0.585. The lowest BCUT2D eigenvalue weighted by Gasteiger charge is -2.23. The molecule has 4 heteroatoms. The Morgan fingerprint density at radius 3 is 3.16 bits per heavy atom. The van der Waals surface area contributed by atoms with Crippen LogP contribution in [0, 0.1) is 5.92 Å². The van der Waals surface area contributed by atoms with Gasteiger partial charge in [0.25, 0.3) is 0 Å². The van der Waals surface area contributed by atoms with Gasteiger partial charge in [-0.2, -0.15) is 0 Å². The fraction of sp³-hybridized carbons (Fsp3) is 0.400. The van der Waals surface area contributed by atoms with E-state index in [9.17, 15) is 0 Å². The van der Waals surface area contributed by atoms with Crippen molar-refractivity contribution in [3.63, 3.8) is 0 Å². The molecule has 3 rings (SSSR count). The molecule has 2 aromatic rings. The van der Waals surface area contributed by atoms with Crippen LogP contribution in [0.1, 0.15) is 12.8 Å². The van der Waals surface area contributed by atoms with Crippen LogP contribution in [-0.4, -0.2) is 24.7 Å². The number of hydrogen-bond acceptors (Lipinski definition) is 4. The van der Waals surface area contributed by atoms with Gasteiger partial charge < -0.3 is 15.8 Å². The molecule has 1 fully saturated rings. The largest absolute Gasteiger partial charge is 0.397 e. The van der Waals surface area contributed by atoms with E-state index in [1.54, 1.807) is 6.20 Å². The summed E-state index contributed by atoms with van der Waals surface area (Å²) < 4.78 is 5.49. The maximum atomic E-state index is 6.21. The molecule has 0 bridgehead atoms. The summed E-state index contributed by atoms with van der Waals surface area (Å²) in [4.78, 5) is 4.11. The molecule has 0 saturated carbocycles. The topological polar surface area (TPSA) is 60.2 Å². The second-order valence-corrected chi connectivity index (χ2v) is 5.09. The molecule has 1 unspecified atom stereocenters. The van der Waals surface area contributed by atoms with Gasteiger partial charge >= 0.3 is 0 Å². The van der Waals surface area contributed by atoms with Crippen LogP contribution in [-0.2, 0) is 4.74 Å². The zero-order valence-corrected chi connectivity index (χ0v) is 10.9. The van der Waals surface area contributed by atoms with Crippen LogP contribution in [0.4, 0.5) is 11.4 Å². The summed E-state index contributed by atoms with van der Waals surface area (Å²) in [6, 6.07) is 6.04. The van der Waals surface area contributed by atoms with Crippen molar-refractivity contribution in [1.82, 2.24) is 4.98 Å². The van der Waals surface area contributed by atoms with Gasteiger partial charge in [-0.25, -0.2) is 0 Å². The van der Waals surface area contributed by atoms with Gasteiger partial charge in [0, 0.05) is 36.3 Å². The number of nitrogens with two attached hydrogens (primary N) is 1. The second kappa shape index (κ2) is 5.45. The maximum absolute atomic E-state index is 6.21. The van der Waals surface area contributed by atoms with Crippen LogP contribution < -0.4 is 11.1 Å². The Hall–Kier alpha value is -1.81. The third-order valence-electron chi connectivity index (χ3n) is 3.70. The second-order valence-electron chi connectivity index (χ2n) is 5.09. The van der Waals surface area contributed by atoms with Gasteiger partial charge in [0.05, 0.1) is 18.0 Å². The van der Waals surface area contributed by atoms with Crippen molar-refractivity contribution < 1.29 is 4.74 Å². The van der Waals surface area contributed by atoms with Crippen molar-refractivity contribution in [3.8, 4) is 0 Å². The van der Waals surface area contributed by atoms with Crippen LogP contribution in [0.15, 0.2) is 30.6 Å². The number of fused-ring (bicyclic) bond motifs is 1. The lowest BCUT2D eigenvalue weighted by Crippen LogP contribution is -2.24. The van der Waals surface area contributed by atoms with Crippen LogP contribution >= 0.6 is 0 Å². The Labute approximate surface area is 113 Å². The number of nitrogens with one attached hydrogen (secondary N) is 1. The molecular formula is C15H19N3O. The standard InChI is InChI=1S/C15H19N3O/c16-15-13-5-6-17-9-12(13)3-4-14(15)18-8-11-2-1-7-19-10-11/h3-6,9,11,18H,1-2,7-8,10,16H2. The zero-order valence-electron chi connectivity index (χ0n) is 10.9. The minimum atomic E-state index is 0.585. The molecule has 1 aliphatic heterocycles. The summed E-state index contributed by atoms with van der Waals surface area (Å²) in [5.74, 6) is 0.585. The number of pyridine rings is 1. The van der Waals surface area contributed by atoms with E-state index in [4.69, 9.17) is 10.5 Å². The number of anilines is 2. The zero-order chi connectivity index (χ0) is 13.1. The van der Waals surface area contributed by atoms with E-state index in [1.807, 2.05) is 18.3 Å². The maximum Gasteiger partial charge on any atom is 0.0630 e. The molecule has 1 aromatic heterocycles. The number of nitrogens with zero attached hydrogens (tertiary/aromatic N) is 1. The summed E-state index contributed by atoms with van der Waals surface area (Å²) in [6.07, 6.45) is 6.00. The molecule has 1 aromatic carbocycles. The van der Waals surface area contributed by atoms with Gasteiger partial charge in [0.1, 0.15) is 0 Å². The van der Waals surface area contributed by atoms with Crippen LogP contribution in [0.2, 0.25) is 0 Å². The summed E-state index contributed by atoms with van der Waals surface area (Å²) in [6.45, 7) is 2.67. The number of rotatable bonds is 3. The molecule has 0 spiro atoms. The Morgan fingerprint density at radius 2 is 2.32 bits per heavy atom. The van der Waals surface area contributed by atoms with Crippen molar-refractivity contribution >= 4 is 22.1 Å². The first-order chi connectivity index (χ1) is 9.34. The van der Waals surface area contributed by atoms with E-state index in [2.05, 4.69) is 16.4 Å². The van der Waals surface area contributed by atoms with Crippen molar-refractivity contribution in [2.75, 3.05) is 30.8 Å². The van der Waals surface area contributed by atoms with E-state index < -0.39 is 0 Å². The molecule has 3 N–H and O–H groups in total. The van der Waals surface area contributed by atoms with Crippen molar-refractivity contribution in [3.05, 3.63) is 30.6 Å². The average Bonchev–Trinajstić information content (AvgIpc) is 2.48. The highest BCUT2D eigenvalue weighted by Gasteiger charge is 2.14. The first kappa shape index (κ1) is 12.2. The molecule has 4 nitrogen and oxygen atoms in total. The van der Waals surface area contributed by atoms with Crippen LogP contribution in [0.3, 0.4) is 0 Å². The lowest BCUT2D eigenvalue weighted by molar-refractivity contribution is 0.0595. The van der Waals surface area contributed by atoms with Gasteiger partial charge in [-0.15, -0.1) is 0 Å². The number of benzene rings is 1. The van der Waals surface area contributed by atoms with Gasteiger partial charge in [0.15, 0.2) is 0 Å². The summed E-state index contributed by atoms with van der Waals surface area (Å²) in [5, 5.41) is 5.58. The normalized spacial score (nSPS) is 19.5. The Bertz CT molecular complexity index is 564. The highest BCUT2D eigenvalue weighted by molar-refractivity contribution is 5.98. The minimum Gasteiger partial charge on any atom is -0.397 e. The molecular weight excluding hydrogens is 238 g/mol. The Kier molecular flexibility index (Phi) is 3.51. The molecule has 1 atom stereocenters. The average molecular weight is 257 g/mol. The molecule has 100 valence electrons. The van der Waals surface area contributed by atoms with Crippen molar-refractivity contribution in [2.45, 2.75) is 12.8 Å². The van der Waals surface area contributed by atoms with E-state index in [0.29, 0.717) is 5.92 Å². The van der Waals surface area contributed by atoms with Gasteiger partial charge in [-0.3, -0.25) is 4.98 Å². The van der Waals surface area contributed by atoms with E-state index in [0.717, 1.165) is 48.3 Å². The van der Waals surface area contributed by atoms with E-state index in [-0.39, 0.29) is 0 Å². The predicted octanol–water partition coefficient (Wildman–Crippen LogP) is 2.66. The SMILES string of the molecule is Nc1c(NCC2CCCOC2)ccc2cnccc12. The van der Waals surface area contributed by atoms with Crippen LogP contribution in [0.5, 0.6) is 0 Å². The molecule has 0 radical (unpaired) electrons. The summed E-state index contributed by atoms with van der Waals surface area (Å²) >= 11 is 0. The van der Waals surface area contributed by atoms with Gasteiger partial charge in [0.2, 0.25) is 0 Å². The molecule has 19 heavy (non-hydrogen) atoms. The fourth-order valence-corrected chi connectivity index (χ4v) is 2.57. The highest BCUT2D eigenvalue weighted by atomic mass is 16.5. The lowest BCUT2D eigenvalue weighted by atomic mass is 10.0. The third kappa shape index (κ3) is 2.63. The van der Waals surface area contributed by atoms with Gasteiger partial charge in [-0.1, -0.05) is 6.07 Å². The molecule has 0 amide bonds. The fourth-order valence-electron chi connectivity index (χ4n) is 2.57. The Morgan fingerprint density at radius 1 is 1.37 bits per heavy atom. The number of nitrogen functional groups attached to an aromatic ring is 1. The van der Waals surface area contributed by atoms with Crippen LogP contribution in [0.25, 0.3) is 10.8 Å². The van der Waals surface area contributed by atoms with Crippen molar-refractivity contribution in [2.24, 2.45) is 5.92 Å². The monoisotopic (exact) mass is 257 g/mol. The quantitative estimate of drug-likeness (QED) is 0.830. The van der Waals surface area contributed by atoms with E-state index in [1.165, 1.54) is 6.42 Å². The molecule has 1 saturated heterocycles. The smallest absolute Gasteiger partial charge is 0.0630 e. The first-order valence-electron chi connectivity index (χ1n) is 6.78.